The molecule has 0 amide bonds. The summed E-state index contributed by atoms with van der Waals surface area (Å²) in [6.45, 7) is 20.1. The van der Waals surface area contributed by atoms with Crippen LogP contribution in [0, 0.1) is 17.8 Å². The van der Waals surface area contributed by atoms with E-state index < -0.39 is 65.8 Å². The highest BCUT2D eigenvalue weighted by atomic mass is 16.7. The lowest BCUT2D eigenvalue weighted by atomic mass is 9.77. The fourth-order valence-corrected chi connectivity index (χ4v) is 7.84. The minimum atomic E-state index is -1.40. The van der Waals surface area contributed by atoms with Crippen LogP contribution in [0.3, 0.4) is 0 Å². The van der Waals surface area contributed by atoms with Crippen molar-refractivity contribution >= 4 is 5.97 Å². The van der Waals surface area contributed by atoms with Crippen LogP contribution in [0.15, 0.2) is 12.7 Å². The monoisotopic (exact) mass is 658 g/mol. The highest BCUT2D eigenvalue weighted by molar-refractivity contribution is 5.73. The molecule has 0 saturated carbocycles. The van der Waals surface area contributed by atoms with Crippen molar-refractivity contribution < 1.29 is 43.4 Å². The summed E-state index contributed by atoms with van der Waals surface area (Å²) in [6, 6.07) is -0.315. The van der Waals surface area contributed by atoms with E-state index in [1.54, 1.807) is 34.1 Å². The molecule has 0 aromatic heterocycles. The number of aliphatic hydroxyl groups excluding tert-OH is 1. The molecule has 2 N–H and O–H groups in total. The van der Waals surface area contributed by atoms with E-state index in [1.807, 2.05) is 53.7 Å². The number of cyclic esters (lactones) is 1. The molecule has 2 rings (SSSR count). The zero-order valence-electron chi connectivity index (χ0n) is 30.9. The van der Waals surface area contributed by atoms with Gasteiger partial charge in [-0.1, -0.05) is 26.8 Å². The summed E-state index contributed by atoms with van der Waals surface area (Å²) in [5.41, 5.74) is -2.35. The maximum absolute atomic E-state index is 14.0. The Hall–Kier alpha value is -1.15. The van der Waals surface area contributed by atoms with Crippen LogP contribution in [0.4, 0.5) is 0 Å². The second-order valence-electron chi connectivity index (χ2n) is 14.6. The van der Waals surface area contributed by atoms with Crippen molar-refractivity contribution in [3.05, 3.63) is 12.7 Å². The minimum Gasteiger partial charge on any atom is -0.459 e. The first kappa shape index (κ1) is 41.0. The minimum absolute atomic E-state index is 0.0210. The van der Waals surface area contributed by atoms with E-state index in [-0.39, 0.29) is 30.7 Å². The molecule has 0 spiro atoms. The van der Waals surface area contributed by atoms with Gasteiger partial charge in [-0.25, -0.2) is 0 Å². The second kappa shape index (κ2) is 17.5. The smallest absolute Gasteiger partial charge is 0.311 e. The van der Waals surface area contributed by atoms with Crippen molar-refractivity contribution in [3.8, 4) is 0 Å². The molecule has 2 saturated heterocycles. The standard InChI is InChI=1S/C35H66N2O9/c1-15-17-43-29-23(5)30(46-33-28(38)26(36(10)11)18-22(4)44-33)34(8,40)19-21(3)20-37(12)25(7)31(41-13)35(9,42-14)27(16-2)45-32(39)24(29)6/h15,21-31,33,38,40H,1,16-20H2,2-14H3/t21-,22-,23+,24-,25-,26+,27-,28-,29+,30-,31-,33+,34-,35-/m1/s1. The van der Waals surface area contributed by atoms with E-state index in [2.05, 4.69) is 25.3 Å². The van der Waals surface area contributed by atoms with Crippen LogP contribution < -0.4 is 0 Å². The number of rotatable bonds is 9. The van der Waals surface area contributed by atoms with Gasteiger partial charge in [0.15, 0.2) is 6.29 Å². The van der Waals surface area contributed by atoms with Crippen molar-refractivity contribution in [2.75, 3.05) is 48.5 Å². The molecule has 11 heteroatoms. The third kappa shape index (κ3) is 9.51. The van der Waals surface area contributed by atoms with Gasteiger partial charge < -0.3 is 48.4 Å². The number of esters is 1. The van der Waals surface area contributed by atoms with Crippen LogP contribution in [0.1, 0.15) is 74.7 Å². The van der Waals surface area contributed by atoms with Gasteiger partial charge >= 0.3 is 5.97 Å². The van der Waals surface area contributed by atoms with Gasteiger partial charge in [0.2, 0.25) is 0 Å². The van der Waals surface area contributed by atoms with Crippen molar-refractivity contribution in [2.45, 2.75) is 141 Å². The Balaban J connectivity index is 2.68. The van der Waals surface area contributed by atoms with Gasteiger partial charge in [0.05, 0.1) is 36.4 Å². The Bertz CT molecular complexity index is 951. The lowest BCUT2D eigenvalue weighted by Gasteiger charge is -2.47. The summed E-state index contributed by atoms with van der Waals surface area (Å²) in [7, 11) is 9.14. The van der Waals surface area contributed by atoms with Crippen LogP contribution >= 0.6 is 0 Å². The summed E-state index contributed by atoms with van der Waals surface area (Å²) in [4.78, 5) is 18.2. The van der Waals surface area contributed by atoms with Crippen molar-refractivity contribution in [3.63, 3.8) is 0 Å². The molecule has 0 radical (unpaired) electrons. The fourth-order valence-electron chi connectivity index (χ4n) is 7.84. The number of likely N-dealkylation sites (N-methyl/N-ethyl adjacent to an activating group) is 2. The van der Waals surface area contributed by atoms with Crippen LogP contribution in [0.5, 0.6) is 0 Å². The summed E-state index contributed by atoms with van der Waals surface area (Å²) in [5.74, 6) is -1.71. The Morgan fingerprint density at radius 2 is 1.76 bits per heavy atom. The predicted molar refractivity (Wildman–Crippen MR) is 178 cm³/mol. The number of carbonyl (C=O) groups is 1. The highest BCUT2D eigenvalue weighted by Gasteiger charge is 2.51. The van der Waals surface area contributed by atoms with Crippen LogP contribution in [-0.2, 0) is 33.2 Å². The Morgan fingerprint density at radius 3 is 2.28 bits per heavy atom. The van der Waals surface area contributed by atoms with Gasteiger partial charge in [-0.3, -0.25) is 4.79 Å². The maximum Gasteiger partial charge on any atom is 0.311 e. The van der Waals surface area contributed by atoms with Crippen LogP contribution in [0.25, 0.3) is 0 Å². The van der Waals surface area contributed by atoms with E-state index in [0.717, 1.165) is 0 Å². The SMILES string of the molecule is C=CCO[C@H]1[C@H](C)[C@@H](O[C@@H]2O[C@H](C)C[C@H](N(C)C)[C@H]2O)[C@](C)(O)C[C@@H](C)CN(C)[C@H](C)[C@@H](OC)[C@](C)(OC)[C@@H](CC)OC(=O)[C@@H]1C. The average Bonchev–Trinajstić information content (AvgIpc) is 2.98. The first-order valence-electron chi connectivity index (χ1n) is 17.0. The third-order valence-corrected chi connectivity index (χ3v) is 10.5. The molecule has 14 atom stereocenters. The van der Waals surface area contributed by atoms with Gasteiger partial charge in [-0.05, 0) is 80.9 Å². The molecule has 2 heterocycles. The molecule has 0 aromatic carbocycles. The quantitative estimate of drug-likeness (QED) is 0.280. The molecule has 2 aliphatic rings. The Kier molecular flexibility index (Phi) is 15.6. The fraction of sp³-hybridized carbons (Fsp3) is 0.914. The molecular weight excluding hydrogens is 592 g/mol. The van der Waals surface area contributed by atoms with Crippen LogP contribution in [-0.4, -0.2) is 141 Å². The van der Waals surface area contributed by atoms with Crippen molar-refractivity contribution in [1.82, 2.24) is 9.80 Å². The normalized spacial score (nSPS) is 44.3. The van der Waals surface area contributed by atoms with Gasteiger partial charge in [0.1, 0.15) is 23.9 Å². The second-order valence-corrected chi connectivity index (χ2v) is 14.6. The summed E-state index contributed by atoms with van der Waals surface area (Å²) in [5, 5.41) is 23.7. The molecular formula is C35H66N2O9. The summed E-state index contributed by atoms with van der Waals surface area (Å²) < 4.78 is 37.6. The Morgan fingerprint density at radius 1 is 1.13 bits per heavy atom. The molecule has 0 aromatic rings. The number of aliphatic hydroxyl groups is 2. The van der Waals surface area contributed by atoms with Gasteiger partial charge in [0, 0.05) is 38.8 Å². The third-order valence-electron chi connectivity index (χ3n) is 10.5. The first-order chi connectivity index (χ1) is 21.4. The molecule has 11 nitrogen and oxygen atoms in total. The molecule has 0 unspecified atom stereocenters. The first-order valence-corrected chi connectivity index (χ1v) is 17.0. The van der Waals surface area contributed by atoms with E-state index >= 15 is 0 Å². The number of nitrogens with zero attached hydrogens (tertiary/aromatic N) is 2. The molecule has 0 bridgehead atoms. The predicted octanol–water partition coefficient (Wildman–Crippen LogP) is 3.49. The topological polar surface area (TPSA) is 119 Å². The van der Waals surface area contributed by atoms with Crippen molar-refractivity contribution in [2.24, 2.45) is 17.8 Å². The number of ether oxygens (including phenoxy) is 6. The number of hydrogen-bond acceptors (Lipinski definition) is 11. The lowest BCUT2D eigenvalue weighted by Crippen LogP contribution is -2.60. The zero-order valence-corrected chi connectivity index (χ0v) is 30.9. The molecule has 46 heavy (non-hydrogen) atoms. The lowest BCUT2D eigenvalue weighted by molar-refractivity contribution is -0.300. The maximum atomic E-state index is 14.0. The molecule has 0 aliphatic carbocycles. The highest BCUT2D eigenvalue weighted by Crippen LogP contribution is 2.38. The largest absolute Gasteiger partial charge is 0.459 e. The van der Waals surface area contributed by atoms with Gasteiger partial charge in [-0.15, -0.1) is 6.58 Å². The van der Waals surface area contributed by atoms with E-state index in [4.69, 9.17) is 28.4 Å². The average molecular weight is 659 g/mol. The number of carbonyl (C=O) groups excluding carboxylic acids is 1. The van der Waals surface area contributed by atoms with Gasteiger partial charge in [0.25, 0.3) is 0 Å². The zero-order chi connectivity index (χ0) is 35.1. The molecule has 2 aliphatic heterocycles. The summed E-state index contributed by atoms with van der Waals surface area (Å²) >= 11 is 0. The molecule has 270 valence electrons. The van der Waals surface area contributed by atoms with Crippen LogP contribution in [0.2, 0.25) is 0 Å². The van der Waals surface area contributed by atoms with E-state index in [0.29, 0.717) is 25.8 Å². The van der Waals surface area contributed by atoms with E-state index in [9.17, 15) is 15.0 Å². The van der Waals surface area contributed by atoms with E-state index in [1.165, 1.54) is 0 Å². The molecule has 2 fully saturated rings. The van der Waals surface area contributed by atoms with Gasteiger partial charge in [-0.2, -0.15) is 0 Å². The number of methoxy groups -OCH3 is 2. The number of hydrogen-bond donors (Lipinski definition) is 2. The summed E-state index contributed by atoms with van der Waals surface area (Å²) in [6.07, 6.45) is -1.62. The Labute approximate surface area is 278 Å². The van der Waals surface area contributed by atoms with Crippen molar-refractivity contribution in [1.29, 1.82) is 0 Å².